The van der Waals surface area contributed by atoms with Crippen LogP contribution in [0.4, 0.5) is 0 Å². The molecule has 0 spiro atoms. The van der Waals surface area contributed by atoms with Gasteiger partial charge in [-0.3, -0.25) is 4.57 Å². The Labute approximate surface area is 271 Å². The fraction of sp³-hybridized carbons (Fsp3) is 0.0698. The molecule has 0 saturated heterocycles. The summed E-state index contributed by atoms with van der Waals surface area (Å²) in [6.45, 7) is 4.66. The molecule has 0 N–H and O–H groups in total. The van der Waals surface area contributed by atoms with Gasteiger partial charge in [-0.2, -0.15) is 0 Å². The lowest BCUT2D eigenvalue weighted by Gasteiger charge is -2.34. The first-order valence-corrected chi connectivity index (χ1v) is 16.1. The summed E-state index contributed by atoms with van der Waals surface area (Å²) >= 11 is 0. The van der Waals surface area contributed by atoms with E-state index < -0.39 is 0 Å². The van der Waals surface area contributed by atoms with Crippen molar-refractivity contribution in [3.63, 3.8) is 0 Å². The molecule has 0 unspecified atom stereocenters. The highest BCUT2D eigenvalue weighted by Crippen LogP contribution is 2.50. The predicted octanol–water partition coefficient (Wildman–Crippen LogP) is 11.1. The van der Waals surface area contributed by atoms with Gasteiger partial charge in [0.2, 0.25) is 5.71 Å². The molecule has 0 atom stereocenters. The summed E-state index contributed by atoms with van der Waals surface area (Å²) in [5.74, 6) is 0.711. The molecule has 4 heterocycles. The maximum absolute atomic E-state index is 6.65. The minimum atomic E-state index is -0.203. The fourth-order valence-electron chi connectivity index (χ4n) is 7.70. The van der Waals surface area contributed by atoms with Gasteiger partial charge in [0.05, 0.1) is 27.8 Å². The Kier molecular flexibility index (Phi) is 5.31. The Morgan fingerprint density at radius 1 is 0.553 bits per heavy atom. The second-order valence-corrected chi connectivity index (χ2v) is 13.0. The Morgan fingerprint density at radius 2 is 1.28 bits per heavy atom. The molecule has 0 saturated carbocycles. The number of hydrogen-bond donors (Lipinski definition) is 0. The van der Waals surface area contributed by atoms with Crippen molar-refractivity contribution in [1.29, 1.82) is 0 Å². The molecule has 9 aromatic rings. The Balaban J connectivity index is 1.23. The van der Waals surface area contributed by atoms with Crippen LogP contribution in [0.2, 0.25) is 0 Å². The maximum atomic E-state index is 6.65. The van der Waals surface area contributed by atoms with Gasteiger partial charge in [0.25, 0.3) is 0 Å². The third kappa shape index (κ3) is 3.70. The van der Waals surface area contributed by atoms with Gasteiger partial charge in [0.1, 0.15) is 5.58 Å². The number of benzene rings is 6. The zero-order valence-electron chi connectivity index (χ0n) is 26.0. The summed E-state index contributed by atoms with van der Waals surface area (Å²) in [6.07, 6.45) is 0. The molecule has 4 heteroatoms. The summed E-state index contributed by atoms with van der Waals surface area (Å²) in [4.78, 5) is 10.4. The minimum absolute atomic E-state index is 0.203. The molecule has 1 aliphatic rings. The van der Waals surface area contributed by atoms with Gasteiger partial charge in [-0.05, 0) is 46.5 Å². The molecule has 222 valence electrons. The summed E-state index contributed by atoms with van der Waals surface area (Å²) in [5.41, 5.74) is 12.7. The van der Waals surface area contributed by atoms with Gasteiger partial charge < -0.3 is 4.42 Å². The van der Waals surface area contributed by atoms with E-state index in [-0.39, 0.29) is 5.41 Å². The molecule has 4 nitrogen and oxygen atoms in total. The van der Waals surface area contributed by atoms with E-state index in [0.29, 0.717) is 5.82 Å². The summed E-state index contributed by atoms with van der Waals surface area (Å²) in [5, 5.41) is 4.56. The van der Waals surface area contributed by atoms with Crippen molar-refractivity contribution in [2.24, 2.45) is 0 Å². The van der Waals surface area contributed by atoms with Crippen molar-refractivity contribution in [3.05, 3.63) is 151 Å². The summed E-state index contributed by atoms with van der Waals surface area (Å²) < 4.78 is 9.00. The third-order valence-electron chi connectivity index (χ3n) is 10.00. The van der Waals surface area contributed by atoms with Crippen molar-refractivity contribution in [1.82, 2.24) is 14.5 Å². The van der Waals surface area contributed by atoms with Crippen LogP contribution in [0.25, 0.3) is 83.3 Å². The van der Waals surface area contributed by atoms with Crippen LogP contribution in [-0.2, 0) is 5.41 Å². The number of fused-ring (bicyclic) bond motifs is 8. The average Bonchev–Trinajstić information content (AvgIpc) is 3.66. The predicted molar refractivity (Wildman–Crippen MR) is 192 cm³/mol. The lowest BCUT2D eigenvalue weighted by Crippen LogP contribution is -2.26. The van der Waals surface area contributed by atoms with Crippen molar-refractivity contribution < 1.29 is 4.42 Å². The van der Waals surface area contributed by atoms with Crippen LogP contribution in [-0.4, -0.2) is 14.5 Å². The molecule has 0 radical (unpaired) electrons. The lowest BCUT2D eigenvalue weighted by molar-refractivity contribution is 0.612. The average molecular weight is 604 g/mol. The highest BCUT2D eigenvalue weighted by Gasteiger charge is 2.36. The van der Waals surface area contributed by atoms with Gasteiger partial charge in [0.15, 0.2) is 5.82 Å². The van der Waals surface area contributed by atoms with E-state index in [2.05, 4.69) is 140 Å². The number of rotatable bonds is 3. The molecular formula is C43H29N3O. The maximum Gasteiger partial charge on any atom is 0.213 e. The zero-order chi connectivity index (χ0) is 31.3. The highest BCUT2D eigenvalue weighted by atomic mass is 16.3. The Hall–Kier alpha value is -6.00. The molecule has 1 aliphatic heterocycles. The van der Waals surface area contributed by atoms with Crippen LogP contribution in [0.1, 0.15) is 25.0 Å². The molecule has 47 heavy (non-hydrogen) atoms. The largest absolute Gasteiger partial charge is 0.439 e. The third-order valence-corrected chi connectivity index (χ3v) is 10.00. The van der Waals surface area contributed by atoms with Crippen molar-refractivity contribution in [3.8, 4) is 39.5 Å². The van der Waals surface area contributed by atoms with Crippen LogP contribution in [0.3, 0.4) is 0 Å². The fourth-order valence-corrected chi connectivity index (χ4v) is 7.70. The van der Waals surface area contributed by atoms with Gasteiger partial charge >= 0.3 is 0 Å². The van der Waals surface area contributed by atoms with Gasteiger partial charge in [0, 0.05) is 32.7 Å². The lowest BCUT2D eigenvalue weighted by atomic mass is 9.74. The molecule has 6 aromatic carbocycles. The van der Waals surface area contributed by atoms with Gasteiger partial charge in [-0.25, -0.2) is 9.97 Å². The van der Waals surface area contributed by atoms with E-state index in [1.54, 1.807) is 0 Å². The molecule has 3 aromatic heterocycles. The number of hydrogen-bond acceptors (Lipinski definition) is 3. The number of furan rings is 1. The molecular weight excluding hydrogens is 574 g/mol. The standard InChI is InChI=1S/C43H29N3O/c1-43(2)33-23-22-28(25-36(33)46-40-32(18-11-19-34(40)43)38-31-17-7-9-21-37(31)47-42(38)46)39-30-16-6-8-20-35(30)44-41(45-39)29-15-10-14-27(24-29)26-12-4-3-5-13-26/h3-25H,1-2H3. The second kappa shape index (κ2) is 9.51. The molecule has 10 rings (SSSR count). The molecule has 0 fully saturated rings. The Morgan fingerprint density at radius 3 is 2.17 bits per heavy atom. The Bertz CT molecular complexity index is 2710. The van der Waals surface area contributed by atoms with E-state index >= 15 is 0 Å². The first-order valence-electron chi connectivity index (χ1n) is 16.1. The second-order valence-electron chi connectivity index (χ2n) is 13.0. The van der Waals surface area contributed by atoms with E-state index in [9.17, 15) is 0 Å². The van der Waals surface area contributed by atoms with Crippen molar-refractivity contribution in [2.75, 3.05) is 0 Å². The quantitative estimate of drug-likeness (QED) is 0.202. The molecule has 0 aliphatic carbocycles. The van der Waals surface area contributed by atoms with Crippen LogP contribution in [0, 0.1) is 0 Å². The van der Waals surface area contributed by atoms with Crippen LogP contribution in [0.5, 0.6) is 0 Å². The minimum Gasteiger partial charge on any atom is -0.439 e. The SMILES string of the molecule is CC1(C)c2ccc(-c3nc(-c4cccc(-c5ccccc5)c4)nc4ccccc34)cc2-n2c3oc4ccccc4c3c3cccc1c32. The van der Waals surface area contributed by atoms with E-state index in [0.717, 1.165) is 55.7 Å². The topological polar surface area (TPSA) is 43.9 Å². The number of aromatic nitrogens is 3. The van der Waals surface area contributed by atoms with Crippen molar-refractivity contribution in [2.45, 2.75) is 19.3 Å². The summed E-state index contributed by atoms with van der Waals surface area (Å²) in [6, 6.07) is 49.1. The first-order chi connectivity index (χ1) is 23.1. The molecule has 0 bridgehead atoms. The number of nitrogens with zero attached hydrogens (tertiary/aromatic N) is 3. The van der Waals surface area contributed by atoms with E-state index in [1.807, 2.05) is 18.2 Å². The van der Waals surface area contributed by atoms with Crippen LogP contribution >= 0.6 is 0 Å². The van der Waals surface area contributed by atoms with Crippen LogP contribution in [0.15, 0.2) is 144 Å². The molecule has 0 amide bonds. The monoisotopic (exact) mass is 603 g/mol. The highest BCUT2D eigenvalue weighted by molar-refractivity contribution is 6.21. The number of para-hydroxylation sites is 3. The zero-order valence-corrected chi connectivity index (χ0v) is 26.0. The smallest absolute Gasteiger partial charge is 0.213 e. The van der Waals surface area contributed by atoms with Crippen molar-refractivity contribution >= 4 is 43.9 Å². The van der Waals surface area contributed by atoms with E-state index in [4.69, 9.17) is 14.4 Å². The summed E-state index contributed by atoms with van der Waals surface area (Å²) in [7, 11) is 0. The normalized spacial score (nSPS) is 13.5. The van der Waals surface area contributed by atoms with Crippen LogP contribution < -0.4 is 0 Å². The van der Waals surface area contributed by atoms with Gasteiger partial charge in [-0.15, -0.1) is 0 Å². The first kappa shape index (κ1) is 26.2. The van der Waals surface area contributed by atoms with E-state index in [1.165, 1.54) is 33.0 Å². The van der Waals surface area contributed by atoms with Gasteiger partial charge in [-0.1, -0.05) is 129 Å².